The topological polar surface area (TPSA) is 58.6 Å². The Morgan fingerprint density at radius 3 is 2.50 bits per heavy atom. The lowest BCUT2D eigenvalue weighted by atomic mass is 10.1. The minimum absolute atomic E-state index is 0.0319. The molecule has 0 aliphatic rings. The van der Waals surface area contributed by atoms with E-state index in [0.717, 1.165) is 10.8 Å². The maximum atomic E-state index is 11.4. The van der Waals surface area contributed by atoms with Gasteiger partial charge in [0.05, 0.1) is 0 Å². The van der Waals surface area contributed by atoms with E-state index in [1.165, 1.54) is 0 Å². The Labute approximate surface area is 105 Å². The first kappa shape index (κ1) is 12.2. The van der Waals surface area contributed by atoms with E-state index < -0.39 is 6.10 Å². The summed E-state index contributed by atoms with van der Waals surface area (Å²) >= 11 is 0. The number of hydrogen-bond acceptors (Lipinski definition) is 3. The van der Waals surface area contributed by atoms with Gasteiger partial charge in [-0.25, -0.2) is 0 Å². The minimum atomic E-state index is -0.651. The molecule has 4 heteroatoms. The smallest absolute Gasteiger partial charge is 0.260 e. The minimum Gasteiger partial charge on any atom is -0.504 e. The van der Waals surface area contributed by atoms with Gasteiger partial charge in [-0.2, -0.15) is 0 Å². The maximum absolute atomic E-state index is 11.4. The van der Waals surface area contributed by atoms with Crippen LogP contribution in [-0.4, -0.2) is 24.2 Å². The molecule has 1 unspecified atom stereocenters. The van der Waals surface area contributed by atoms with Crippen molar-refractivity contribution in [3.63, 3.8) is 0 Å². The van der Waals surface area contributed by atoms with Crippen LogP contribution in [0.3, 0.4) is 0 Å². The van der Waals surface area contributed by atoms with E-state index in [2.05, 4.69) is 5.32 Å². The SMILES string of the molecule is CNC(=O)C(C)Oc1cc2ccccc2cc1O. The lowest BCUT2D eigenvalue weighted by Gasteiger charge is -2.14. The molecule has 18 heavy (non-hydrogen) atoms. The van der Waals surface area contributed by atoms with Gasteiger partial charge in [-0.3, -0.25) is 4.79 Å². The van der Waals surface area contributed by atoms with Crippen molar-refractivity contribution in [1.82, 2.24) is 5.32 Å². The summed E-state index contributed by atoms with van der Waals surface area (Å²) in [6.45, 7) is 1.63. The van der Waals surface area contributed by atoms with Gasteiger partial charge >= 0.3 is 0 Å². The average Bonchev–Trinajstić information content (AvgIpc) is 2.38. The number of rotatable bonds is 3. The van der Waals surface area contributed by atoms with Crippen LogP contribution in [-0.2, 0) is 4.79 Å². The molecule has 0 saturated heterocycles. The summed E-state index contributed by atoms with van der Waals surface area (Å²) in [4.78, 5) is 11.4. The molecule has 0 spiro atoms. The molecule has 0 radical (unpaired) electrons. The van der Waals surface area contributed by atoms with Crippen molar-refractivity contribution in [1.29, 1.82) is 0 Å². The van der Waals surface area contributed by atoms with E-state index >= 15 is 0 Å². The van der Waals surface area contributed by atoms with Crippen LogP contribution in [0.2, 0.25) is 0 Å². The lowest BCUT2D eigenvalue weighted by Crippen LogP contribution is -2.33. The van der Waals surface area contributed by atoms with Crippen LogP contribution in [0, 0.1) is 0 Å². The molecular formula is C14H15NO3. The molecule has 2 aromatic rings. The molecule has 2 N–H and O–H groups in total. The molecule has 0 aromatic heterocycles. The number of benzene rings is 2. The number of fused-ring (bicyclic) bond motifs is 1. The number of likely N-dealkylation sites (N-methyl/N-ethyl adjacent to an activating group) is 1. The quantitative estimate of drug-likeness (QED) is 0.870. The number of phenolic OH excluding ortho intramolecular Hbond substituents is 1. The zero-order valence-electron chi connectivity index (χ0n) is 10.3. The van der Waals surface area contributed by atoms with Gasteiger partial charge in [0.25, 0.3) is 5.91 Å². The summed E-state index contributed by atoms with van der Waals surface area (Å²) in [5.41, 5.74) is 0. The Kier molecular flexibility index (Phi) is 3.37. The number of amides is 1. The molecule has 0 saturated carbocycles. The van der Waals surface area contributed by atoms with E-state index in [1.807, 2.05) is 24.3 Å². The highest BCUT2D eigenvalue weighted by molar-refractivity contribution is 5.86. The summed E-state index contributed by atoms with van der Waals surface area (Å²) < 4.78 is 5.44. The van der Waals surface area contributed by atoms with Crippen LogP contribution >= 0.6 is 0 Å². The lowest BCUT2D eigenvalue weighted by molar-refractivity contribution is -0.126. The Morgan fingerprint density at radius 2 is 1.89 bits per heavy atom. The predicted octanol–water partition coefficient (Wildman–Crippen LogP) is 2.06. The molecule has 0 fully saturated rings. The van der Waals surface area contributed by atoms with Gasteiger partial charge in [0.15, 0.2) is 17.6 Å². The Balaban J connectivity index is 2.33. The molecule has 2 rings (SSSR count). The number of phenols is 1. The second-order valence-corrected chi connectivity index (χ2v) is 4.04. The fraction of sp³-hybridized carbons (Fsp3) is 0.214. The molecule has 0 bridgehead atoms. The van der Waals surface area contributed by atoms with Crippen molar-refractivity contribution in [2.75, 3.05) is 7.05 Å². The van der Waals surface area contributed by atoms with Crippen molar-refractivity contribution in [3.8, 4) is 11.5 Å². The molecule has 94 valence electrons. The van der Waals surface area contributed by atoms with E-state index in [-0.39, 0.29) is 11.7 Å². The fourth-order valence-corrected chi connectivity index (χ4v) is 1.75. The number of carbonyl (C=O) groups excluding carboxylic acids is 1. The van der Waals surface area contributed by atoms with Crippen molar-refractivity contribution in [2.45, 2.75) is 13.0 Å². The fourth-order valence-electron chi connectivity index (χ4n) is 1.75. The summed E-state index contributed by atoms with van der Waals surface area (Å²) in [5, 5.41) is 14.2. The number of carbonyl (C=O) groups is 1. The first-order valence-electron chi connectivity index (χ1n) is 5.72. The predicted molar refractivity (Wildman–Crippen MR) is 69.8 cm³/mol. The van der Waals surface area contributed by atoms with Crippen molar-refractivity contribution >= 4 is 16.7 Å². The number of hydrogen-bond donors (Lipinski definition) is 2. The second-order valence-electron chi connectivity index (χ2n) is 4.04. The summed E-state index contributed by atoms with van der Waals surface area (Å²) in [7, 11) is 1.54. The number of nitrogens with one attached hydrogen (secondary N) is 1. The van der Waals surface area contributed by atoms with E-state index in [4.69, 9.17) is 4.74 Å². The highest BCUT2D eigenvalue weighted by Crippen LogP contribution is 2.31. The third kappa shape index (κ3) is 2.37. The first-order valence-corrected chi connectivity index (χ1v) is 5.72. The molecule has 1 atom stereocenters. The Bertz CT molecular complexity index is 580. The van der Waals surface area contributed by atoms with Gasteiger partial charge in [-0.15, -0.1) is 0 Å². The van der Waals surface area contributed by atoms with Gasteiger partial charge < -0.3 is 15.2 Å². The van der Waals surface area contributed by atoms with Gasteiger partial charge in [0.2, 0.25) is 0 Å². The average molecular weight is 245 g/mol. The van der Waals surface area contributed by atoms with E-state index in [1.54, 1.807) is 26.1 Å². The third-order valence-corrected chi connectivity index (χ3v) is 2.75. The Hall–Kier alpha value is -2.23. The van der Waals surface area contributed by atoms with Crippen LogP contribution in [0.4, 0.5) is 0 Å². The molecule has 4 nitrogen and oxygen atoms in total. The monoisotopic (exact) mass is 245 g/mol. The maximum Gasteiger partial charge on any atom is 0.260 e. The van der Waals surface area contributed by atoms with E-state index in [9.17, 15) is 9.90 Å². The first-order chi connectivity index (χ1) is 8.61. The van der Waals surface area contributed by atoms with Crippen molar-refractivity contribution in [2.24, 2.45) is 0 Å². The van der Waals surface area contributed by atoms with E-state index in [0.29, 0.717) is 5.75 Å². The van der Waals surface area contributed by atoms with Crippen molar-refractivity contribution < 1.29 is 14.6 Å². The molecule has 0 aliphatic carbocycles. The van der Waals surface area contributed by atoms with Gasteiger partial charge in [0, 0.05) is 7.05 Å². The van der Waals surface area contributed by atoms with Crippen LogP contribution < -0.4 is 10.1 Å². The highest BCUT2D eigenvalue weighted by atomic mass is 16.5. The third-order valence-electron chi connectivity index (χ3n) is 2.75. The van der Waals surface area contributed by atoms with Crippen LogP contribution in [0.15, 0.2) is 36.4 Å². The summed E-state index contributed by atoms with van der Waals surface area (Å²) in [5.74, 6) is 0.108. The summed E-state index contributed by atoms with van der Waals surface area (Å²) in [6.07, 6.45) is -0.651. The van der Waals surface area contributed by atoms with Crippen molar-refractivity contribution in [3.05, 3.63) is 36.4 Å². The molecule has 2 aromatic carbocycles. The van der Waals surface area contributed by atoms with Gasteiger partial charge in [0.1, 0.15) is 0 Å². The highest BCUT2D eigenvalue weighted by Gasteiger charge is 2.15. The standard InChI is InChI=1S/C14H15NO3/c1-9(14(17)15-2)18-13-8-11-6-4-3-5-10(11)7-12(13)16/h3-9,16H,1-2H3,(H,15,17). The second kappa shape index (κ2) is 4.96. The van der Waals surface area contributed by atoms with Crippen LogP contribution in [0.5, 0.6) is 11.5 Å². The Morgan fingerprint density at radius 1 is 1.28 bits per heavy atom. The number of aromatic hydroxyl groups is 1. The molecular weight excluding hydrogens is 230 g/mol. The zero-order chi connectivity index (χ0) is 13.1. The largest absolute Gasteiger partial charge is 0.504 e. The molecule has 0 heterocycles. The number of ether oxygens (including phenoxy) is 1. The molecule has 1 amide bonds. The van der Waals surface area contributed by atoms with Crippen LogP contribution in [0.25, 0.3) is 10.8 Å². The van der Waals surface area contributed by atoms with Gasteiger partial charge in [-0.1, -0.05) is 24.3 Å². The summed E-state index contributed by atoms with van der Waals surface area (Å²) in [6, 6.07) is 11.0. The normalized spacial score (nSPS) is 12.1. The van der Waals surface area contributed by atoms with Crippen LogP contribution in [0.1, 0.15) is 6.92 Å². The van der Waals surface area contributed by atoms with Gasteiger partial charge in [-0.05, 0) is 29.8 Å². The molecule has 0 aliphatic heterocycles. The zero-order valence-corrected chi connectivity index (χ0v) is 10.3.